The van der Waals surface area contributed by atoms with Crippen molar-refractivity contribution in [2.45, 2.75) is 12.3 Å². The number of hydrogen-bond acceptors (Lipinski definition) is 4. The smallest absolute Gasteiger partial charge is 0.338 e. The highest BCUT2D eigenvalue weighted by atomic mass is 16.5. The molecule has 1 aromatic carbocycles. The predicted molar refractivity (Wildman–Crippen MR) is 60.4 cm³/mol. The lowest BCUT2D eigenvalue weighted by Crippen LogP contribution is -2.10. The SMILES string of the molecule is COC(=O)c1cc(N)ccc1C1CCOC1. The minimum atomic E-state index is -0.339. The molecular weight excluding hydrogens is 206 g/mol. The molecule has 0 aliphatic carbocycles. The van der Waals surface area contributed by atoms with Gasteiger partial charge in [0.25, 0.3) is 0 Å². The molecule has 1 aliphatic rings. The number of nitrogens with two attached hydrogens (primary N) is 1. The Kier molecular flexibility index (Phi) is 3.10. The molecular formula is C12H15NO3. The summed E-state index contributed by atoms with van der Waals surface area (Å²) in [7, 11) is 1.38. The van der Waals surface area contributed by atoms with Crippen molar-refractivity contribution in [3.8, 4) is 0 Å². The lowest BCUT2D eigenvalue weighted by Gasteiger charge is -2.13. The van der Waals surface area contributed by atoms with Crippen molar-refractivity contribution < 1.29 is 14.3 Å². The number of carbonyl (C=O) groups excluding carboxylic acids is 1. The Morgan fingerprint density at radius 2 is 2.38 bits per heavy atom. The van der Waals surface area contributed by atoms with E-state index in [1.54, 1.807) is 12.1 Å². The Balaban J connectivity index is 2.38. The van der Waals surface area contributed by atoms with Gasteiger partial charge in [-0.3, -0.25) is 0 Å². The molecule has 1 unspecified atom stereocenters. The summed E-state index contributed by atoms with van der Waals surface area (Å²) in [4.78, 5) is 11.6. The second-order valence-corrected chi connectivity index (χ2v) is 3.90. The third kappa shape index (κ3) is 2.02. The zero-order valence-electron chi connectivity index (χ0n) is 9.23. The highest BCUT2D eigenvalue weighted by molar-refractivity contribution is 5.92. The van der Waals surface area contributed by atoms with Gasteiger partial charge in [-0.1, -0.05) is 6.07 Å². The molecule has 0 amide bonds. The zero-order valence-corrected chi connectivity index (χ0v) is 9.23. The van der Waals surface area contributed by atoms with Crippen LogP contribution in [0.1, 0.15) is 28.3 Å². The van der Waals surface area contributed by atoms with E-state index in [9.17, 15) is 4.79 Å². The van der Waals surface area contributed by atoms with Crippen molar-refractivity contribution in [3.05, 3.63) is 29.3 Å². The van der Waals surface area contributed by atoms with Crippen molar-refractivity contribution >= 4 is 11.7 Å². The Bertz CT molecular complexity index is 397. The lowest BCUT2D eigenvalue weighted by molar-refractivity contribution is 0.0599. The Labute approximate surface area is 94.3 Å². The summed E-state index contributed by atoms with van der Waals surface area (Å²) in [5, 5.41) is 0. The van der Waals surface area contributed by atoms with Gasteiger partial charge in [0.05, 0.1) is 19.3 Å². The number of rotatable bonds is 2. The fraction of sp³-hybridized carbons (Fsp3) is 0.417. The third-order valence-electron chi connectivity index (χ3n) is 2.85. The number of nitrogen functional groups attached to an aromatic ring is 1. The Hall–Kier alpha value is -1.55. The number of ether oxygens (including phenoxy) is 2. The Morgan fingerprint density at radius 3 is 3.00 bits per heavy atom. The number of esters is 1. The third-order valence-corrected chi connectivity index (χ3v) is 2.85. The maximum Gasteiger partial charge on any atom is 0.338 e. The van der Waals surface area contributed by atoms with Crippen molar-refractivity contribution in [2.75, 3.05) is 26.1 Å². The predicted octanol–water partition coefficient (Wildman–Crippen LogP) is 1.56. The van der Waals surface area contributed by atoms with E-state index in [0.29, 0.717) is 17.9 Å². The fourth-order valence-electron chi connectivity index (χ4n) is 2.00. The fourth-order valence-corrected chi connectivity index (χ4v) is 2.00. The van der Waals surface area contributed by atoms with E-state index < -0.39 is 0 Å². The molecule has 0 radical (unpaired) electrons. The monoisotopic (exact) mass is 221 g/mol. The van der Waals surface area contributed by atoms with E-state index in [4.69, 9.17) is 15.2 Å². The van der Waals surface area contributed by atoms with Crippen LogP contribution in [0.3, 0.4) is 0 Å². The number of benzene rings is 1. The Morgan fingerprint density at radius 1 is 1.56 bits per heavy atom. The van der Waals surface area contributed by atoms with Gasteiger partial charge in [-0.2, -0.15) is 0 Å². The van der Waals surface area contributed by atoms with Crippen molar-refractivity contribution in [2.24, 2.45) is 0 Å². The highest BCUT2D eigenvalue weighted by Gasteiger charge is 2.23. The first-order chi connectivity index (χ1) is 7.72. The average molecular weight is 221 g/mol. The number of methoxy groups -OCH3 is 1. The molecule has 0 aromatic heterocycles. The van der Waals surface area contributed by atoms with Gasteiger partial charge in [0.1, 0.15) is 0 Å². The second-order valence-electron chi connectivity index (χ2n) is 3.90. The van der Waals surface area contributed by atoms with Gasteiger partial charge in [-0.05, 0) is 24.1 Å². The normalized spacial score (nSPS) is 19.7. The summed E-state index contributed by atoms with van der Waals surface area (Å²) in [5.41, 5.74) is 7.78. The zero-order chi connectivity index (χ0) is 11.5. The van der Waals surface area contributed by atoms with E-state index in [1.807, 2.05) is 6.07 Å². The topological polar surface area (TPSA) is 61.5 Å². The molecule has 1 heterocycles. The molecule has 1 aromatic rings. The van der Waals surface area contributed by atoms with Gasteiger partial charge in [-0.15, -0.1) is 0 Å². The summed E-state index contributed by atoms with van der Waals surface area (Å²) in [6.45, 7) is 1.41. The molecule has 2 rings (SSSR count). The van der Waals surface area contributed by atoms with Crippen LogP contribution in [0.25, 0.3) is 0 Å². The van der Waals surface area contributed by atoms with Crippen LogP contribution in [0.15, 0.2) is 18.2 Å². The van der Waals surface area contributed by atoms with Crippen LogP contribution in [-0.4, -0.2) is 26.3 Å². The van der Waals surface area contributed by atoms with Crippen molar-refractivity contribution in [1.29, 1.82) is 0 Å². The van der Waals surface area contributed by atoms with Crippen molar-refractivity contribution in [1.82, 2.24) is 0 Å². The molecule has 1 saturated heterocycles. The minimum absolute atomic E-state index is 0.273. The van der Waals surface area contributed by atoms with Crippen molar-refractivity contribution in [3.63, 3.8) is 0 Å². The van der Waals surface area contributed by atoms with Gasteiger partial charge in [-0.25, -0.2) is 4.79 Å². The quantitative estimate of drug-likeness (QED) is 0.608. The van der Waals surface area contributed by atoms with E-state index in [-0.39, 0.29) is 11.9 Å². The van der Waals surface area contributed by atoms with Crippen LogP contribution < -0.4 is 5.73 Å². The average Bonchev–Trinajstić information content (AvgIpc) is 2.81. The maximum atomic E-state index is 11.6. The summed E-state index contributed by atoms with van der Waals surface area (Å²) in [5.74, 6) is -0.0658. The summed E-state index contributed by atoms with van der Waals surface area (Å²) in [6.07, 6.45) is 0.938. The summed E-state index contributed by atoms with van der Waals surface area (Å²) >= 11 is 0. The molecule has 2 N–H and O–H groups in total. The van der Waals surface area contributed by atoms with Crippen LogP contribution in [0.2, 0.25) is 0 Å². The van der Waals surface area contributed by atoms with Gasteiger partial charge < -0.3 is 15.2 Å². The first-order valence-corrected chi connectivity index (χ1v) is 5.28. The number of carbonyl (C=O) groups is 1. The van der Waals surface area contributed by atoms with E-state index in [1.165, 1.54) is 7.11 Å². The van der Waals surface area contributed by atoms with E-state index in [2.05, 4.69) is 0 Å². The van der Waals surface area contributed by atoms with Crippen LogP contribution in [0.5, 0.6) is 0 Å². The largest absolute Gasteiger partial charge is 0.465 e. The number of hydrogen-bond donors (Lipinski definition) is 1. The lowest BCUT2D eigenvalue weighted by atomic mass is 9.93. The summed E-state index contributed by atoms with van der Waals surface area (Å²) in [6, 6.07) is 5.36. The van der Waals surface area contributed by atoms with Crippen LogP contribution >= 0.6 is 0 Å². The van der Waals surface area contributed by atoms with Gasteiger partial charge >= 0.3 is 5.97 Å². The second kappa shape index (κ2) is 4.53. The first kappa shape index (κ1) is 11.0. The first-order valence-electron chi connectivity index (χ1n) is 5.28. The van der Waals surface area contributed by atoms with Crippen LogP contribution in [-0.2, 0) is 9.47 Å². The molecule has 16 heavy (non-hydrogen) atoms. The van der Waals surface area contributed by atoms with Gasteiger partial charge in [0.2, 0.25) is 0 Å². The van der Waals surface area contributed by atoms with Gasteiger partial charge in [0, 0.05) is 18.2 Å². The standard InChI is InChI=1S/C12H15NO3/c1-15-12(14)11-6-9(13)2-3-10(11)8-4-5-16-7-8/h2-3,6,8H,4-5,7,13H2,1H3. The molecule has 0 saturated carbocycles. The van der Waals surface area contributed by atoms with E-state index in [0.717, 1.165) is 18.6 Å². The van der Waals surface area contributed by atoms with E-state index >= 15 is 0 Å². The molecule has 1 aliphatic heterocycles. The van der Waals surface area contributed by atoms with Gasteiger partial charge in [0.15, 0.2) is 0 Å². The molecule has 1 fully saturated rings. The van der Waals surface area contributed by atoms with Crippen LogP contribution in [0.4, 0.5) is 5.69 Å². The molecule has 1 atom stereocenters. The molecule has 4 nitrogen and oxygen atoms in total. The minimum Gasteiger partial charge on any atom is -0.465 e. The summed E-state index contributed by atoms with van der Waals surface area (Å²) < 4.78 is 10.1. The van der Waals surface area contributed by atoms with Crippen LogP contribution in [0, 0.1) is 0 Å². The highest BCUT2D eigenvalue weighted by Crippen LogP contribution is 2.29. The molecule has 0 bridgehead atoms. The maximum absolute atomic E-state index is 11.6. The molecule has 4 heteroatoms. The number of anilines is 1. The molecule has 0 spiro atoms. The molecule has 86 valence electrons.